The third-order valence-electron chi connectivity index (χ3n) is 3.98. The SMILES string of the molecule is CCOc1ccc(S(=O)(=O)Nc2ccc(Nc3ccc(CC)cc3)nn2)cc1. The molecule has 0 aliphatic rings. The van der Waals surface area contributed by atoms with E-state index in [1.54, 1.807) is 24.3 Å². The van der Waals surface area contributed by atoms with E-state index in [1.165, 1.54) is 17.7 Å². The maximum atomic E-state index is 12.5. The van der Waals surface area contributed by atoms with Crippen molar-refractivity contribution in [1.29, 1.82) is 0 Å². The number of hydrogen-bond donors (Lipinski definition) is 2. The Morgan fingerprint density at radius 3 is 2.07 bits per heavy atom. The smallest absolute Gasteiger partial charge is 0.263 e. The predicted octanol–water partition coefficient (Wildman–Crippen LogP) is 3.98. The Kier molecular flexibility index (Phi) is 6.10. The molecule has 146 valence electrons. The second-order valence-electron chi connectivity index (χ2n) is 5.99. The number of benzene rings is 2. The summed E-state index contributed by atoms with van der Waals surface area (Å²) in [6.07, 6.45) is 0.975. The van der Waals surface area contributed by atoms with E-state index < -0.39 is 10.0 Å². The summed E-state index contributed by atoms with van der Waals surface area (Å²) in [6, 6.07) is 17.4. The zero-order valence-electron chi connectivity index (χ0n) is 15.7. The minimum Gasteiger partial charge on any atom is -0.494 e. The summed E-state index contributed by atoms with van der Waals surface area (Å²) in [5.74, 6) is 1.28. The first-order valence-corrected chi connectivity index (χ1v) is 10.4. The molecule has 0 bridgehead atoms. The first-order valence-electron chi connectivity index (χ1n) is 8.95. The molecular formula is C20H22N4O3S. The standard InChI is InChI=1S/C20H22N4O3S/c1-3-15-5-7-16(8-6-15)21-19-13-14-20(23-22-19)24-28(25,26)18-11-9-17(10-12-18)27-4-2/h5-14H,3-4H2,1-2H3,(H,21,22)(H,23,24). The summed E-state index contributed by atoms with van der Waals surface area (Å²) in [5, 5.41) is 11.1. The zero-order chi connectivity index (χ0) is 20.0. The molecule has 0 aliphatic heterocycles. The molecule has 0 saturated heterocycles. The minimum atomic E-state index is -3.75. The highest BCUT2D eigenvalue weighted by molar-refractivity contribution is 7.92. The summed E-state index contributed by atoms with van der Waals surface area (Å²) in [4.78, 5) is 0.121. The van der Waals surface area contributed by atoms with Crippen LogP contribution in [0.2, 0.25) is 0 Å². The van der Waals surface area contributed by atoms with Gasteiger partial charge >= 0.3 is 0 Å². The lowest BCUT2D eigenvalue weighted by Gasteiger charge is -2.09. The maximum Gasteiger partial charge on any atom is 0.263 e. The van der Waals surface area contributed by atoms with Crippen LogP contribution in [0.15, 0.2) is 65.6 Å². The Bertz CT molecular complexity index is 1000. The molecule has 28 heavy (non-hydrogen) atoms. The molecule has 0 saturated carbocycles. The highest BCUT2D eigenvalue weighted by atomic mass is 32.2. The van der Waals surface area contributed by atoms with Crippen molar-refractivity contribution in [1.82, 2.24) is 10.2 Å². The first kappa shape index (κ1) is 19.6. The molecule has 0 amide bonds. The Labute approximate surface area is 164 Å². The summed E-state index contributed by atoms with van der Waals surface area (Å²) in [5.41, 5.74) is 2.13. The van der Waals surface area contributed by atoms with E-state index in [0.717, 1.165) is 12.1 Å². The Hall–Kier alpha value is -3.13. The van der Waals surface area contributed by atoms with Gasteiger partial charge in [0.1, 0.15) is 5.75 Å². The second kappa shape index (κ2) is 8.71. The van der Waals surface area contributed by atoms with Gasteiger partial charge in [-0.05, 0) is 67.4 Å². The molecule has 0 radical (unpaired) electrons. The van der Waals surface area contributed by atoms with Crippen molar-refractivity contribution in [3.8, 4) is 5.75 Å². The predicted molar refractivity (Wildman–Crippen MR) is 110 cm³/mol. The minimum absolute atomic E-state index is 0.121. The van der Waals surface area contributed by atoms with Crippen LogP contribution in [0.1, 0.15) is 19.4 Å². The van der Waals surface area contributed by atoms with Crippen molar-refractivity contribution in [2.75, 3.05) is 16.6 Å². The molecular weight excluding hydrogens is 376 g/mol. The molecule has 3 aromatic rings. The van der Waals surface area contributed by atoms with Crippen molar-refractivity contribution in [3.63, 3.8) is 0 Å². The van der Waals surface area contributed by atoms with Gasteiger partial charge in [-0.1, -0.05) is 19.1 Å². The molecule has 8 heteroatoms. The van der Waals surface area contributed by atoms with E-state index in [9.17, 15) is 8.42 Å². The van der Waals surface area contributed by atoms with Gasteiger partial charge in [-0.2, -0.15) is 0 Å². The Morgan fingerprint density at radius 1 is 0.857 bits per heavy atom. The largest absolute Gasteiger partial charge is 0.494 e. The number of aromatic nitrogens is 2. The second-order valence-corrected chi connectivity index (χ2v) is 7.67. The van der Waals surface area contributed by atoms with Crippen molar-refractivity contribution in [2.24, 2.45) is 0 Å². The van der Waals surface area contributed by atoms with Gasteiger partial charge in [0.2, 0.25) is 0 Å². The molecule has 0 aliphatic carbocycles. The number of sulfonamides is 1. The summed E-state index contributed by atoms with van der Waals surface area (Å²) >= 11 is 0. The van der Waals surface area contributed by atoms with Crippen LogP contribution in [0.4, 0.5) is 17.3 Å². The number of aryl methyl sites for hydroxylation is 1. The van der Waals surface area contributed by atoms with Crippen molar-refractivity contribution < 1.29 is 13.2 Å². The third kappa shape index (κ3) is 4.98. The fourth-order valence-electron chi connectivity index (χ4n) is 2.50. The van der Waals surface area contributed by atoms with Crippen molar-refractivity contribution in [3.05, 3.63) is 66.2 Å². The fourth-order valence-corrected chi connectivity index (χ4v) is 3.50. The molecule has 2 aromatic carbocycles. The zero-order valence-corrected chi connectivity index (χ0v) is 16.5. The number of anilines is 3. The van der Waals surface area contributed by atoms with Crippen LogP contribution in [0, 0.1) is 0 Å². The normalized spacial score (nSPS) is 11.1. The number of rotatable bonds is 8. The average Bonchev–Trinajstić information content (AvgIpc) is 2.70. The lowest BCUT2D eigenvalue weighted by atomic mass is 10.1. The molecule has 0 atom stereocenters. The average molecular weight is 398 g/mol. The number of ether oxygens (including phenoxy) is 1. The van der Waals surface area contributed by atoms with Crippen LogP contribution in [0.3, 0.4) is 0 Å². The van der Waals surface area contributed by atoms with Crippen LogP contribution in [0.5, 0.6) is 5.75 Å². The van der Waals surface area contributed by atoms with E-state index in [2.05, 4.69) is 27.2 Å². The molecule has 0 spiro atoms. The van der Waals surface area contributed by atoms with Gasteiger partial charge in [-0.25, -0.2) is 8.42 Å². The van der Waals surface area contributed by atoms with E-state index in [1.807, 2.05) is 31.2 Å². The van der Waals surface area contributed by atoms with E-state index >= 15 is 0 Å². The highest BCUT2D eigenvalue weighted by Crippen LogP contribution is 2.20. The molecule has 7 nitrogen and oxygen atoms in total. The summed E-state index contributed by atoms with van der Waals surface area (Å²) in [7, 11) is -3.75. The van der Waals surface area contributed by atoms with Crippen LogP contribution >= 0.6 is 0 Å². The van der Waals surface area contributed by atoms with Crippen molar-refractivity contribution in [2.45, 2.75) is 25.2 Å². The topological polar surface area (TPSA) is 93.2 Å². The molecule has 1 aromatic heterocycles. The summed E-state index contributed by atoms with van der Waals surface area (Å²) < 4.78 is 32.7. The van der Waals surface area contributed by atoms with Gasteiger partial charge in [0.25, 0.3) is 10.0 Å². The molecule has 1 heterocycles. The van der Waals surface area contributed by atoms with Gasteiger partial charge in [-0.3, -0.25) is 4.72 Å². The van der Waals surface area contributed by atoms with E-state index in [0.29, 0.717) is 18.2 Å². The first-order chi connectivity index (χ1) is 13.5. The van der Waals surface area contributed by atoms with Gasteiger partial charge < -0.3 is 10.1 Å². The molecule has 0 unspecified atom stereocenters. The maximum absolute atomic E-state index is 12.5. The Morgan fingerprint density at radius 2 is 1.50 bits per heavy atom. The van der Waals surface area contributed by atoms with Crippen LogP contribution in [0.25, 0.3) is 0 Å². The Balaban J connectivity index is 1.67. The fraction of sp³-hybridized carbons (Fsp3) is 0.200. The van der Waals surface area contributed by atoms with Crippen LogP contribution in [-0.2, 0) is 16.4 Å². The number of nitrogens with one attached hydrogen (secondary N) is 2. The molecule has 2 N–H and O–H groups in total. The van der Waals surface area contributed by atoms with Crippen LogP contribution < -0.4 is 14.8 Å². The lowest BCUT2D eigenvalue weighted by Crippen LogP contribution is -2.14. The number of hydrogen-bond acceptors (Lipinski definition) is 6. The quantitative estimate of drug-likeness (QED) is 0.596. The molecule has 0 fully saturated rings. The van der Waals surface area contributed by atoms with Gasteiger partial charge in [0.15, 0.2) is 11.6 Å². The van der Waals surface area contributed by atoms with Crippen LogP contribution in [-0.4, -0.2) is 25.2 Å². The van der Waals surface area contributed by atoms with Gasteiger partial charge in [0, 0.05) is 5.69 Å². The van der Waals surface area contributed by atoms with Crippen molar-refractivity contribution >= 4 is 27.3 Å². The monoisotopic (exact) mass is 398 g/mol. The lowest BCUT2D eigenvalue weighted by molar-refractivity contribution is 0.340. The molecule has 3 rings (SSSR count). The highest BCUT2D eigenvalue weighted by Gasteiger charge is 2.15. The number of nitrogens with zero attached hydrogens (tertiary/aromatic N) is 2. The third-order valence-corrected chi connectivity index (χ3v) is 5.35. The summed E-state index contributed by atoms with van der Waals surface area (Å²) in [6.45, 7) is 4.48. The van der Waals surface area contributed by atoms with E-state index in [-0.39, 0.29) is 10.7 Å². The van der Waals surface area contributed by atoms with Gasteiger partial charge in [0.05, 0.1) is 11.5 Å². The van der Waals surface area contributed by atoms with Gasteiger partial charge in [-0.15, -0.1) is 10.2 Å². The van der Waals surface area contributed by atoms with E-state index in [4.69, 9.17) is 4.74 Å².